The van der Waals surface area contributed by atoms with Crippen LogP contribution in [0, 0.1) is 0 Å². The van der Waals surface area contributed by atoms with Crippen LogP contribution in [0.5, 0.6) is 0 Å². The molecule has 11 rings (SSSR count). The van der Waals surface area contributed by atoms with Crippen molar-refractivity contribution in [3.63, 3.8) is 0 Å². The number of hydrogen-bond donors (Lipinski definition) is 0. The van der Waals surface area contributed by atoms with Crippen LogP contribution in [0.1, 0.15) is 68.7 Å². The minimum atomic E-state index is -0.156. The number of allylic oxidation sites excluding steroid dienone is 5. The molecule has 0 spiro atoms. The Balaban J connectivity index is 1.03. The summed E-state index contributed by atoms with van der Waals surface area (Å²) < 4.78 is 6.81. The fraction of sp³-hybridized carbons (Fsp3) is 0.216. The van der Waals surface area contributed by atoms with Crippen molar-refractivity contribution >= 4 is 54.7 Å². The number of nitrogens with zero attached hydrogens (tertiary/aromatic N) is 1. The number of para-hydroxylation sites is 1. The van der Waals surface area contributed by atoms with Gasteiger partial charge in [-0.3, -0.25) is 0 Å². The molecule has 0 bridgehead atoms. The summed E-state index contributed by atoms with van der Waals surface area (Å²) in [4.78, 5) is 2.69. The highest BCUT2D eigenvalue weighted by atomic mass is 16.3. The molecule has 0 aliphatic heterocycles. The summed E-state index contributed by atoms with van der Waals surface area (Å²) in [5.41, 5.74) is 14.8. The van der Waals surface area contributed by atoms with Gasteiger partial charge in [0.25, 0.3) is 0 Å². The van der Waals surface area contributed by atoms with E-state index in [1.165, 1.54) is 77.0 Å². The predicted molar refractivity (Wildman–Crippen MR) is 223 cm³/mol. The van der Waals surface area contributed by atoms with E-state index in [2.05, 4.69) is 172 Å². The van der Waals surface area contributed by atoms with Crippen LogP contribution >= 0.6 is 0 Å². The number of anilines is 1. The van der Waals surface area contributed by atoms with Gasteiger partial charge in [0.15, 0.2) is 0 Å². The molecule has 2 unspecified atom stereocenters. The van der Waals surface area contributed by atoms with Gasteiger partial charge in [0.1, 0.15) is 11.2 Å². The third-order valence-electron chi connectivity index (χ3n) is 13.3. The molecule has 0 saturated heterocycles. The van der Waals surface area contributed by atoms with Crippen molar-refractivity contribution in [2.75, 3.05) is 11.4 Å². The minimum absolute atomic E-state index is 0.0643. The molecule has 2 nitrogen and oxygen atoms in total. The number of rotatable bonds is 4. The van der Waals surface area contributed by atoms with Crippen LogP contribution in [-0.2, 0) is 10.8 Å². The molecule has 0 amide bonds. The summed E-state index contributed by atoms with van der Waals surface area (Å²) in [6, 6.07) is 42.7. The maximum absolute atomic E-state index is 6.81. The first kappa shape index (κ1) is 31.0. The van der Waals surface area contributed by atoms with E-state index in [1.807, 2.05) is 0 Å². The Morgan fingerprint density at radius 1 is 0.698 bits per heavy atom. The van der Waals surface area contributed by atoms with Crippen LogP contribution < -0.4 is 4.90 Å². The summed E-state index contributed by atoms with van der Waals surface area (Å²) in [6.07, 6.45) is 11.9. The SMILES string of the molecule is CC1(C)C2=CC=C(CN(c3ccc4ccccc4c3)C3C=CC4=C(C3)C(C)(C)c3c4c4oc5ccccc5c4c4ccccc34)CC2c2ccccc21. The zero-order valence-corrected chi connectivity index (χ0v) is 30.9. The van der Waals surface area contributed by atoms with Gasteiger partial charge < -0.3 is 9.32 Å². The lowest BCUT2D eigenvalue weighted by Gasteiger charge is -2.38. The van der Waals surface area contributed by atoms with Gasteiger partial charge in [-0.1, -0.05) is 160 Å². The van der Waals surface area contributed by atoms with Gasteiger partial charge in [0.05, 0.1) is 6.04 Å². The second-order valence-corrected chi connectivity index (χ2v) is 16.8. The third kappa shape index (κ3) is 4.33. The molecule has 2 heteroatoms. The van der Waals surface area contributed by atoms with E-state index in [9.17, 15) is 0 Å². The smallest absolute Gasteiger partial charge is 0.144 e. The Labute approximate surface area is 311 Å². The van der Waals surface area contributed by atoms with Crippen LogP contribution in [0.25, 0.3) is 49.1 Å². The molecule has 0 radical (unpaired) electrons. The van der Waals surface area contributed by atoms with Crippen molar-refractivity contribution < 1.29 is 4.42 Å². The number of furan rings is 1. The largest absolute Gasteiger partial charge is 0.455 e. The highest BCUT2D eigenvalue weighted by Crippen LogP contribution is 2.57. The molecule has 53 heavy (non-hydrogen) atoms. The van der Waals surface area contributed by atoms with Gasteiger partial charge in [-0.05, 0) is 80.4 Å². The van der Waals surface area contributed by atoms with Crippen molar-refractivity contribution in [1.29, 1.82) is 0 Å². The summed E-state index contributed by atoms with van der Waals surface area (Å²) >= 11 is 0. The Hall–Kier alpha value is -5.60. The van der Waals surface area contributed by atoms with E-state index in [1.54, 1.807) is 5.57 Å². The normalized spacial score (nSPS) is 20.8. The van der Waals surface area contributed by atoms with Gasteiger partial charge in [-0.25, -0.2) is 0 Å². The fourth-order valence-corrected chi connectivity index (χ4v) is 10.8. The van der Waals surface area contributed by atoms with Crippen molar-refractivity contribution in [3.8, 4) is 0 Å². The monoisotopic (exact) mass is 685 g/mol. The van der Waals surface area contributed by atoms with Crippen molar-refractivity contribution in [1.82, 2.24) is 0 Å². The summed E-state index contributed by atoms with van der Waals surface area (Å²) in [6.45, 7) is 10.6. The zero-order valence-electron chi connectivity index (χ0n) is 30.9. The standard InChI is InChI=1S/C51H43NO/c1-50(2)42-19-11-9-15-36(42)41-27-31(21-26-43(41)50)30-52(34-23-22-32-13-5-6-14-33(32)28-34)35-24-25-39-44(29-35)51(3,4)48-38-17-8-7-16-37(38)46-40-18-10-12-20-45(40)53-49(46)47(39)48/h5-26,28,35,41H,27,29-30H2,1-4H3. The molecule has 2 atom stereocenters. The van der Waals surface area contributed by atoms with Crippen LogP contribution in [-0.4, -0.2) is 12.6 Å². The Morgan fingerprint density at radius 2 is 1.43 bits per heavy atom. The maximum atomic E-state index is 6.81. The van der Waals surface area contributed by atoms with Gasteiger partial charge in [0.2, 0.25) is 0 Å². The fourth-order valence-electron chi connectivity index (χ4n) is 10.8. The molecule has 258 valence electrons. The molecule has 7 aromatic rings. The molecule has 0 fully saturated rings. The molecule has 0 saturated carbocycles. The molecule has 0 N–H and O–H groups in total. The Bertz CT molecular complexity index is 2830. The lowest BCUT2D eigenvalue weighted by Crippen LogP contribution is -2.38. The van der Waals surface area contributed by atoms with Gasteiger partial charge >= 0.3 is 0 Å². The highest BCUT2D eigenvalue weighted by Gasteiger charge is 2.45. The summed E-state index contributed by atoms with van der Waals surface area (Å²) in [5, 5.41) is 7.62. The van der Waals surface area contributed by atoms with E-state index in [0.29, 0.717) is 5.92 Å². The topological polar surface area (TPSA) is 16.4 Å². The average molecular weight is 686 g/mol. The minimum Gasteiger partial charge on any atom is -0.455 e. The summed E-state index contributed by atoms with van der Waals surface area (Å²) in [7, 11) is 0. The lowest BCUT2D eigenvalue weighted by molar-refractivity contribution is 0.571. The molecular formula is C51H43NO. The van der Waals surface area contributed by atoms with Gasteiger partial charge in [0, 0.05) is 45.3 Å². The van der Waals surface area contributed by atoms with E-state index in [4.69, 9.17) is 4.42 Å². The zero-order chi connectivity index (χ0) is 35.6. The Kier molecular flexibility index (Phi) is 6.41. The maximum Gasteiger partial charge on any atom is 0.144 e. The van der Waals surface area contributed by atoms with Crippen LogP contribution in [0.2, 0.25) is 0 Å². The predicted octanol–water partition coefficient (Wildman–Crippen LogP) is 13.1. The first-order chi connectivity index (χ1) is 25.8. The molecule has 6 aromatic carbocycles. The lowest BCUT2D eigenvalue weighted by atomic mass is 9.75. The van der Waals surface area contributed by atoms with Gasteiger partial charge in [-0.15, -0.1) is 0 Å². The molecule has 4 aliphatic carbocycles. The molecule has 1 heterocycles. The number of hydrogen-bond acceptors (Lipinski definition) is 2. The second-order valence-electron chi connectivity index (χ2n) is 16.8. The quantitative estimate of drug-likeness (QED) is 0.183. The van der Waals surface area contributed by atoms with E-state index in [0.717, 1.165) is 30.6 Å². The number of benzene rings is 6. The van der Waals surface area contributed by atoms with Crippen LogP contribution in [0.15, 0.2) is 161 Å². The van der Waals surface area contributed by atoms with Crippen LogP contribution in [0.4, 0.5) is 5.69 Å². The van der Waals surface area contributed by atoms with E-state index >= 15 is 0 Å². The number of fused-ring (bicyclic) bond motifs is 13. The third-order valence-corrected chi connectivity index (χ3v) is 13.3. The van der Waals surface area contributed by atoms with Crippen molar-refractivity contribution in [3.05, 3.63) is 179 Å². The van der Waals surface area contributed by atoms with Crippen molar-refractivity contribution in [2.45, 2.75) is 63.3 Å². The second kappa shape index (κ2) is 11.0. The first-order valence-corrected chi connectivity index (χ1v) is 19.3. The molecule has 1 aromatic heterocycles. The van der Waals surface area contributed by atoms with E-state index in [-0.39, 0.29) is 16.9 Å². The highest BCUT2D eigenvalue weighted by molar-refractivity contribution is 6.24. The van der Waals surface area contributed by atoms with Crippen LogP contribution in [0.3, 0.4) is 0 Å². The Morgan fingerprint density at radius 3 is 2.30 bits per heavy atom. The molecular weight excluding hydrogens is 643 g/mol. The average Bonchev–Trinajstić information content (AvgIpc) is 3.77. The first-order valence-electron chi connectivity index (χ1n) is 19.3. The summed E-state index contributed by atoms with van der Waals surface area (Å²) in [5.74, 6) is 0.443. The van der Waals surface area contributed by atoms with Gasteiger partial charge in [-0.2, -0.15) is 0 Å². The van der Waals surface area contributed by atoms with Crippen molar-refractivity contribution in [2.24, 2.45) is 0 Å². The molecule has 4 aliphatic rings. The van der Waals surface area contributed by atoms with E-state index < -0.39 is 0 Å².